The van der Waals surface area contributed by atoms with Crippen LogP contribution in [-0.4, -0.2) is 42.8 Å². The van der Waals surface area contributed by atoms with Crippen LogP contribution in [0, 0.1) is 0 Å². The average molecular weight is 748 g/mol. The predicted molar refractivity (Wildman–Crippen MR) is 201 cm³/mol. The van der Waals surface area contributed by atoms with Gasteiger partial charge in [-0.05, 0) is 103 Å². The third kappa shape index (κ3) is 8.14. The van der Waals surface area contributed by atoms with E-state index in [4.69, 9.17) is 30.5 Å². The van der Waals surface area contributed by atoms with E-state index >= 15 is 0 Å². The van der Waals surface area contributed by atoms with E-state index in [2.05, 4.69) is 10.6 Å². The summed E-state index contributed by atoms with van der Waals surface area (Å²) in [6.07, 6.45) is 1.51. The van der Waals surface area contributed by atoms with Crippen LogP contribution in [0.3, 0.4) is 0 Å². The first-order valence-corrected chi connectivity index (χ1v) is 17.5. The van der Waals surface area contributed by atoms with E-state index in [9.17, 15) is 19.2 Å². The minimum Gasteiger partial charge on any atom is -0.493 e. The lowest BCUT2D eigenvalue weighted by Gasteiger charge is -2.16. The van der Waals surface area contributed by atoms with Crippen LogP contribution in [0.1, 0.15) is 22.3 Å². The number of halogens is 1. The molecule has 2 heterocycles. The van der Waals surface area contributed by atoms with Crippen LogP contribution in [0.4, 0.5) is 11.4 Å². The summed E-state index contributed by atoms with van der Waals surface area (Å²) in [5.41, 5.74) is 1.68. The highest BCUT2D eigenvalue weighted by atomic mass is 35.5. The Kier molecular flexibility index (Phi) is 10.3. The van der Waals surface area contributed by atoms with E-state index in [1.165, 1.54) is 29.8 Å². The first-order chi connectivity index (χ1) is 25.7. The van der Waals surface area contributed by atoms with Crippen LogP contribution in [0.5, 0.6) is 28.7 Å². The van der Waals surface area contributed by atoms with Crippen molar-refractivity contribution in [2.24, 2.45) is 0 Å². The minimum absolute atomic E-state index is 0.000507. The topological polar surface area (TPSA) is 132 Å². The number of fused-ring (bicyclic) bond motifs is 1. The number of amides is 4. The molecule has 0 spiro atoms. The van der Waals surface area contributed by atoms with Gasteiger partial charge in [-0.25, -0.2) is 4.90 Å². The van der Waals surface area contributed by atoms with Gasteiger partial charge in [0.05, 0.1) is 18.0 Å². The fraction of sp³-hybridized carbons (Fsp3) is 0.100. The normalized spacial score (nSPS) is 14.9. The quantitative estimate of drug-likeness (QED) is 0.103. The molecule has 5 aromatic rings. The largest absolute Gasteiger partial charge is 0.493 e. The van der Waals surface area contributed by atoms with E-state index in [0.717, 1.165) is 0 Å². The molecule has 2 aliphatic heterocycles. The first kappa shape index (κ1) is 35.2. The Morgan fingerprint density at radius 3 is 2.36 bits per heavy atom. The second-order valence-corrected chi connectivity index (χ2v) is 13.5. The molecule has 0 aliphatic carbocycles. The summed E-state index contributed by atoms with van der Waals surface area (Å²) in [7, 11) is 1.49. The Morgan fingerprint density at radius 2 is 1.62 bits per heavy atom. The number of rotatable bonds is 11. The molecule has 0 saturated carbocycles. The van der Waals surface area contributed by atoms with Crippen molar-refractivity contribution < 1.29 is 38.1 Å². The van der Waals surface area contributed by atoms with Gasteiger partial charge in [0, 0.05) is 27.6 Å². The number of hydrogen-bond acceptors (Lipinski definition) is 9. The molecule has 11 nitrogen and oxygen atoms in total. The number of hydrogen-bond donors (Lipinski definition) is 2. The number of carbonyl (C=O) groups is 4. The Bertz CT molecular complexity index is 2230. The fourth-order valence-corrected chi connectivity index (χ4v) is 6.86. The van der Waals surface area contributed by atoms with E-state index < -0.39 is 17.1 Å². The molecule has 13 heteroatoms. The summed E-state index contributed by atoms with van der Waals surface area (Å²) in [6, 6.07) is 32.4. The second kappa shape index (κ2) is 15.6. The lowest BCUT2D eigenvalue weighted by atomic mass is 10.1. The van der Waals surface area contributed by atoms with Crippen LogP contribution >= 0.6 is 23.4 Å². The maximum atomic E-state index is 13.8. The van der Waals surface area contributed by atoms with Crippen molar-refractivity contribution in [2.75, 3.05) is 24.1 Å². The van der Waals surface area contributed by atoms with Crippen molar-refractivity contribution in [3.05, 3.63) is 137 Å². The predicted octanol–water partition coefficient (Wildman–Crippen LogP) is 7.70. The lowest BCUT2D eigenvalue weighted by Crippen LogP contribution is -2.31. The van der Waals surface area contributed by atoms with Gasteiger partial charge in [-0.15, -0.1) is 11.8 Å². The van der Waals surface area contributed by atoms with Gasteiger partial charge in [0.25, 0.3) is 11.8 Å². The molecule has 2 aliphatic rings. The molecule has 4 amide bonds. The molecule has 5 aromatic carbocycles. The Morgan fingerprint density at radius 1 is 0.887 bits per heavy atom. The Balaban J connectivity index is 1.05. The van der Waals surface area contributed by atoms with Crippen molar-refractivity contribution in [1.29, 1.82) is 0 Å². The number of ether oxygens (including phenoxy) is 4. The fourth-order valence-electron chi connectivity index (χ4n) is 5.62. The van der Waals surface area contributed by atoms with Crippen molar-refractivity contribution >= 4 is 64.4 Å². The van der Waals surface area contributed by atoms with Crippen molar-refractivity contribution in [3.63, 3.8) is 0 Å². The molecule has 7 rings (SSSR count). The summed E-state index contributed by atoms with van der Waals surface area (Å²) < 4.78 is 22.3. The van der Waals surface area contributed by atoms with E-state index in [1.54, 1.807) is 115 Å². The number of thioether (sulfide) groups is 1. The SMILES string of the molecule is COc1cc(/C=C(\NC(=O)c2ccccc2)C(=O)Nc2cccc(S[C@H]3CC(=O)N(c4ccc(Oc5ccc(Cl)cc5)cc4)C3=O)c2)cc2c1OCO2. The zero-order valence-corrected chi connectivity index (χ0v) is 29.6. The number of carbonyl (C=O) groups excluding carboxylic acids is 4. The van der Waals surface area contributed by atoms with Crippen LogP contribution in [0.25, 0.3) is 6.08 Å². The molecular weight excluding hydrogens is 718 g/mol. The summed E-state index contributed by atoms with van der Waals surface area (Å²) in [5.74, 6) is 0.657. The van der Waals surface area contributed by atoms with Gasteiger partial charge in [0.2, 0.25) is 24.4 Å². The second-order valence-electron chi connectivity index (χ2n) is 11.7. The molecule has 1 saturated heterocycles. The number of imide groups is 1. The highest BCUT2D eigenvalue weighted by Gasteiger charge is 2.40. The highest BCUT2D eigenvalue weighted by molar-refractivity contribution is 8.00. The van der Waals surface area contributed by atoms with Gasteiger partial charge in [0.1, 0.15) is 17.2 Å². The van der Waals surface area contributed by atoms with Gasteiger partial charge in [-0.3, -0.25) is 19.2 Å². The Labute approximate surface area is 313 Å². The van der Waals surface area contributed by atoms with Crippen LogP contribution in [-0.2, 0) is 14.4 Å². The molecular formula is C40H30ClN3O8S. The summed E-state index contributed by atoms with van der Waals surface area (Å²) in [4.78, 5) is 55.3. The van der Waals surface area contributed by atoms with Crippen LogP contribution in [0.15, 0.2) is 126 Å². The molecule has 0 radical (unpaired) electrons. The minimum atomic E-state index is -0.681. The molecule has 1 fully saturated rings. The third-order valence-corrected chi connectivity index (χ3v) is 9.57. The first-order valence-electron chi connectivity index (χ1n) is 16.3. The molecule has 0 bridgehead atoms. The van der Waals surface area contributed by atoms with Gasteiger partial charge < -0.3 is 29.6 Å². The molecule has 0 aromatic heterocycles. The van der Waals surface area contributed by atoms with Gasteiger partial charge in [0.15, 0.2) is 11.5 Å². The average Bonchev–Trinajstić information content (AvgIpc) is 3.75. The zero-order chi connectivity index (χ0) is 36.9. The third-order valence-electron chi connectivity index (χ3n) is 8.14. The highest BCUT2D eigenvalue weighted by Crippen LogP contribution is 2.42. The summed E-state index contributed by atoms with van der Waals surface area (Å²) >= 11 is 7.17. The van der Waals surface area contributed by atoms with Gasteiger partial charge in [-0.2, -0.15) is 0 Å². The van der Waals surface area contributed by atoms with Gasteiger partial charge in [-0.1, -0.05) is 35.9 Å². The van der Waals surface area contributed by atoms with Crippen molar-refractivity contribution in [3.8, 4) is 28.7 Å². The zero-order valence-electron chi connectivity index (χ0n) is 28.0. The van der Waals surface area contributed by atoms with Gasteiger partial charge >= 0.3 is 0 Å². The number of nitrogens with one attached hydrogen (secondary N) is 2. The number of benzene rings is 5. The van der Waals surface area contributed by atoms with E-state index in [0.29, 0.717) is 61.2 Å². The van der Waals surface area contributed by atoms with Crippen LogP contribution in [0.2, 0.25) is 5.02 Å². The smallest absolute Gasteiger partial charge is 0.272 e. The lowest BCUT2D eigenvalue weighted by molar-refractivity contribution is -0.121. The van der Waals surface area contributed by atoms with Crippen molar-refractivity contribution in [1.82, 2.24) is 5.32 Å². The maximum Gasteiger partial charge on any atom is 0.272 e. The number of methoxy groups -OCH3 is 1. The molecule has 1 atom stereocenters. The number of nitrogens with zero attached hydrogens (tertiary/aromatic N) is 1. The molecule has 2 N–H and O–H groups in total. The van der Waals surface area contributed by atoms with Crippen LogP contribution < -0.4 is 34.5 Å². The maximum absolute atomic E-state index is 13.8. The summed E-state index contributed by atoms with van der Waals surface area (Å²) in [5, 5.41) is 5.47. The summed E-state index contributed by atoms with van der Waals surface area (Å²) in [6.45, 7) is 0.0261. The molecule has 266 valence electrons. The van der Waals surface area contributed by atoms with E-state index in [-0.39, 0.29) is 30.7 Å². The Hall–Kier alpha value is -6.24. The molecule has 53 heavy (non-hydrogen) atoms. The number of anilines is 2. The molecule has 0 unspecified atom stereocenters. The standard InChI is InChI=1S/C40H30ClN3O8S/c1-49-33-19-24(20-34-37(33)51-23-50-34)18-32(43-38(46)25-6-3-2-4-7-25)39(47)42-27-8-5-9-31(21-27)53-35-22-36(45)44(40(35)48)28-12-16-30(17-13-28)52-29-14-10-26(41)11-15-29/h2-21,35H,22-23H2,1H3,(H,42,47)(H,43,46)/b32-18-/t35-/m0/s1. The van der Waals surface area contributed by atoms with E-state index in [1.807, 2.05) is 0 Å². The van der Waals surface area contributed by atoms with Crippen molar-refractivity contribution in [2.45, 2.75) is 16.6 Å². The monoisotopic (exact) mass is 747 g/mol.